The maximum absolute atomic E-state index is 12.8. The lowest BCUT2D eigenvalue weighted by molar-refractivity contribution is -0.139. The molecule has 1 aliphatic heterocycles. The van der Waals surface area contributed by atoms with Crippen molar-refractivity contribution in [3.8, 4) is 5.82 Å². The highest BCUT2D eigenvalue weighted by Crippen LogP contribution is 2.52. The van der Waals surface area contributed by atoms with Crippen LogP contribution in [0.2, 0.25) is 0 Å². The molecule has 2 unspecified atom stereocenters. The fourth-order valence-corrected chi connectivity index (χ4v) is 7.99. The number of rotatable bonds is 8. The largest absolute Gasteiger partial charge is 0.478 e. The third-order valence-corrected chi connectivity index (χ3v) is 11.1. The summed E-state index contributed by atoms with van der Waals surface area (Å²) in [5.41, 5.74) is 7.81. The zero-order chi connectivity index (χ0) is 32.0. The lowest BCUT2D eigenvalue weighted by Crippen LogP contribution is -2.48. The third-order valence-electron chi connectivity index (χ3n) is 11.1. The summed E-state index contributed by atoms with van der Waals surface area (Å²) in [6.07, 6.45) is 7.66. The first kappa shape index (κ1) is 31.1. The predicted octanol–water partition coefficient (Wildman–Crippen LogP) is 7.42. The van der Waals surface area contributed by atoms with Crippen molar-refractivity contribution >= 4 is 17.6 Å². The van der Waals surface area contributed by atoms with Gasteiger partial charge in [0.1, 0.15) is 5.56 Å². The van der Waals surface area contributed by atoms with E-state index in [1.807, 2.05) is 12.1 Å². The van der Waals surface area contributed by atoms with Gasteiger partial charge in [-0.25, -0.2) is 14.5 Å². The Balaban J connectivity index is 1.26. The van der Waals surface area contributed by atoms with Gasteiger partial charge in [-0.1, -0.05) is 44.0 Å². The average Bonchev–Trinajstić information content (AvgIpc) is 3.51. The summed E-state index contributed by atoms with van der Waals surface area (Å²) in [5, 5.41) is 18.0. The topological polar surface area (TPSA) is 100 Å². The van der Waals surface area contributed by atoms with Crippen molar-refractivity contribution in [3.63, 3.8) is 0 Å². The van der Waals surface area contributed by atoms with Crippen molar-refractivity contribution in [1.29, 1.82) is 0 Å². The number of anilines is 1. The van der Waals surface area contributed by atoms with E-state index in [4.69, 9.17) is 4.98 Å². The molecule has 2 N–H and O–H groups in total. The number of carbonyl (C=O) groups excluding carboxylic acids is 1. The molecule has 2 atom stereocenters. The summed E-state index contributed by atoms with van der Waals surface area (Å²) < 4.78 is 1.62. The van der Waals surface area contributed by atoms with Crippen molar-refractivity contribution in [3.05, 3.63) is 81.8 Å². The van der Waals surface area contributed by atoms with Gasteiger partial charge in [-0.3, -0.25) is 4.79 Å². The Bertz CT molecular complexity index is 1640. The van der Waals surface area contributed by atoms with Crippen LogP contribution >= 0.6 is 0 Å². The summed E-state index contributed by atoms with van der Waals surface area (Å²) in [7, 11) is 0. The minimum Gasteiger partial charge on any atom is -0.478 e. The number of benzene rings is 1. The lowest BCUT2D eigenvalue weighted by Gasteiger charge is -2.43. The first-order valence-electron chi connectivity index (χ1n) is 16.6. The molecule has 1 saturated carbocycles. The van der Waals surface area contributed by atoms with Crippen LogP contribution in [0.4, 0.5) is 5.69 Å². The van der Waals surface area contributed by atoms with Gasteiger partial charge in [0, 0.05) is 36.3 Å². The molecule has 238 valence electrons. The van der Waals surface area contributed by atoms with Crippen molar-refractivity contribution in [2.45, 2.75) is 97.4 Å². The molecule has 6 rings (SSSR count). The van der Waals surface area contributed by atoms with Gasteiger partial charge in [-0.15, -0.1) is 0 Å². The SMILES string of the molecule is CC1=C(C)C(Nc2ccc(C3CCN(C(=O)C4CCC4)CC3)cc2C)(C(C)C)C(c2cccc(-n3ncc(C(=O)O)c3C)n2)C1. The second-order valence-electron chi connectivity index (χ2n) is 13.9. The highest BCUT2D eigenvalue weighted by Gasteiger charge is 2.49. The molecule has 2 aromatic heterocycles. The smallest absolute Gasteiger partial charge is 0.339 e. The lowest BCUT2D eigenvalue weighted by atomic mass is 9.72. The van der Waals surface area contributed by atoms with Crippen LogP contribution in [0.5, 0.6) is 0 Å². The average molecular weight is 610 g/mol. The normalized spacial score (nSPS) is 22.6. The van der Waals surface area contributed by atoms with Crippen LogP contribution < -0.4 is 5.32 Å². The summed E-state index contributed by atoms with van der Waals surface area (Å²) >= 11 is 0. The van der Waals surface area contributed by atoms with Crippen LogP contribution in [0.1, 0.15) is 111 Å². The van der Waals surface area contributed by atoms with Crippen LogP contribution in [0, 0.1) is 25.7 Å². The molecule has 0 bridgehead atoms. The molecule has 8 heteroatoms. The van der Waals surface area contributed by atoms with Crippen LogP contribution in [-0.4, -0.2) is 55.3 Å². The summed E-state index contributed by atoms with van der Waals surface area (Å²) in [6, 6.07) is 12.9. The number of hydrogen-bond acceptors (Lipinski definition) is 5. The Kier molecular flexibility index (Phi) is 8.35. The number of aryl methyl sites for hydroxylation is 1. The monoisotopic (exact) mass is 609 g/mol. The van der Waals surface area contributed by atoms with Crippen molar-refractivity contribution in [2.75, 3.05) is 18.4 Å². The van der Waals surface area contributed by atoms with E-state index in [0.29, 0.717) is 23.3 Å². The van der Waals surface area contributed by atoms with E-state index in [1.165, 1.54) is 34.9 Å². The number of allylic oxidation sites excluding steroid dienone is 1. The number of amides is 1. The Morgan fingerprint density at radius 2 is 1.76 bits per heavy atom. The summed E-state index contributed by atoms with van der Waals surface area (Å²) in [4.78, 5) is 31.6. The van der Waals surface area contributed by atoms with Crippen molar-refractivity contribution in [2.24, 2.45) is 11.8 Å². The number of aromatic carboxylic acids is 1. The molecular formula is C37H47N5O3. The van der Waals surface area contributed by atoms with Gasteiger partial charge in [0.15, 0.2) is 5.82 Å². The number of hydrogen-bond donors (Lipinski definition) is 2. The van der Waals surface area contributed by atoms with Gasteiger partial charge in [0.25, 0.3) is 0 Å². The van der Waals surface area contributed by atoms with Crippen molar-refractivity contribution < 1.29 is 14.7 Å². The molecule has 3 aliphatic rings. The molecule has 45 heavy (non-hydrogen) atoms. The molecule has 1 amide bonds. The van der Waals surface area contributed by atoms with Gasteiger partial charge in [0.05, 0.1) is 17.4 Å². The Labute approximate surface area is 266 Å². The Morgan fingerprint density at radius 1 is 1.02 bits per heavy atom. The van der Waals surface area contributed by atoms with Gasteiger partial charge in [-0.2, -0.15) is 5.10 Å². The third kappa shape index (κ3) is 5.46. The maximum atomic E-state index is 12.8. The first-order chi connectivity index (χ1) is 21.5. The van der Waals surface area contributed by atoms with E-state index in [-0.39, 0.29) is 28.9 Å². The number of piperidine rings is 1. The van der Waals surface area contributed by atoms with Crippen LogP contribution in [0.15, 0.2) is 53.7 Å². The molecule has 0 radical (unpaired) electrons. The fraction of sp³-hybridized carbons (Fsp3) is 0.514. The fourth-order valence-electron chi connectivity index (χ4n) is 7.99. The second-order valence-corrected chi connectivity index (χ2v) is 13.9. The quantitative estimate of drug-likeness (QED) is 0.258. The molecule has 3 aromatic rings. The number of likely N-dealkylation sites (tertiary alicyclic amines) is 1. The predicted molar refractivity (Wildman–Crippen MR) is 177 cm³/mol. The van der Waals surface area contributed by atoms with Gasteiger partial charge < -0.3 is 15.3 Å². The number of nitrogens with one attached hydrogen (secondary N) is 1. The number of pyridine rings is 1. The minimum atomic E-state index is -0.991. The summed E-state index contributed by atoms with van der Waals surface area (Å²) in [6.45, 7) is 14.7. The van der Waals surface area contributed by atoms with E-state index in [2.05, 4.69) is 74.2 Å². The number of carboxylic acid groups (broad SMARTS) is 1. The Morgan fingerprint density at radius 3 is 2.36 bits per heavy atom. The highest BCUT2D eigenvalue weighted by atomic mass is 16.4. The van der Waals surface area contributed by atoms with Crippen LogP contribution in [0.3, 0.4) is 0 Å². The molecule has 0 spiro atoms. The van der Waals surface area contributed by atoms with Crippen LogP contribution in [0.25, 0.3) is 5.82 Å². The maximum Gasteiger partial charge on any atom is 0.339 e. The molecule has 2 fully saturated rings. The standard InChI is InChI=1S/C37H47N5O3/c1-22(2)37(40-32-14-13-29(19-24(32)4)27-15-17-41(18-16-27)35(43)28-9-7-10-28)25(5)23(3)20-31(37)33-11-8-12-34(39-33)42-26(6)30(21-38-42)36(44)45/h8,11-14,19,21-22,27-28,31,40H,7,9-10,15-18,20H2,1-6H3,(H,44,45). The van der Waals surface area contributed by atoms with Gasteiger partial charge in [0.2, 0.25) is 5.91 Å². The molecule has 1 aromatic carbocycles. The Hall–Kier alpha value is -3.94. The molecule has 8 nitrogen and oxygen atoms in total. The summed E-state index contributed by atoms with van der Waals surface area (Å²) in [5.74, 6) is 1.12. The second kappa shape index (κ2) is 12.1. The number of carboxylic acids is 1. The zero-order valence-electron chi connectivity index (χ0n) is 27.6. The van der Waals surface area contributed by atoms with E-state index in [9.17, 15) is 14.7 Å². The molecule has 3 heterocycles. The molecular weight excluding hydrogens is 562 g/mol. The molecule has 1 saturated heterocycles. The first-order valence-corrected chi connectivity index (χ1v) is 16.6. The van der Waals surface area contributed by atoms with E-state index >= 15 is 0 Å². The van der Waals surface area contributed by atoms with Gasteiger partial charge >= 0.3 is 5.97 Å². The number of carbonyl (C=O) groups is 2. The zero-order valence-corrected chi connectivity index (χ0v) is 27.6. The van der Waals surface area contributed by atoms with Crippen LogP contribution in [-0.2, 0) is 4.79 Å². The number of aromatic nitrogens is 3. The van der Waals surface area contributed by atoms with E-state index in [0.717, 1.165) is 56.6 Å². The molecule has 2 aliphatic carbocycles. The number of nitrogens with zero attached hydrogens (tertiary/aromatic N) is 4. The minimum absolute atomic E-state index is 0.0869. The van der Waals surface area contributed by atoms with Gasteiger partial charge in [-0.05, 0) is 107 Å². The van der Waals surface area contributed by atoms with Crippen molar-refractivity contribution in [1.82, 2.24) is 19.7 Å². The van der Waals surface area contributed by atoms with E-state index in [1.54, 1.807) is 11.6 Å². The highest BCUT2D eigenvalue weighted by molar-refractivity contribution is 5.88. The van der Waals surface area contributed by atoms with E-state index < -0.39 is 5.97 Å².